The van der Waals surface area contributed by atoms with Gasteiger partial charge in [0.15, 0.2) is 0 Å². The predicted octanol–water partition coefficient (Wildman–Crippen LogP) is 5.93. The molecule has 4 nitrogen and oxygen atoms in total. The molecule has 0 saturated carbocycles. The molecular formula is C23H22F3N3O. The van der Waals surface area contributed by atoms with Gasteiger partial charge in [-0.3, -0.25) is 4.79 Å². The molecule has 0 bridgehead atoms. The molecule has 1 aliphatic rings. The van der Waals surface area contributed by atoms with Gasteiger partial charge in [-0.2, -0.15) is 13.2 Å². The first-order valence-electron chi connectivity index (χ1n) is 9.96. The van der Waals surface area contributed by atoms with E-state index in [2.05, 4.69) is 10.3 Å². The third-order valence-corrected chi connectivity index (χ3v) is 5.45. The number of piperidine rings is 1. The minimum Gasteiger partial charge on any atom is -0.340 e. The number of amides is 1. The number of fused-ring (bicyclic) bond motifs is 1. The van der Waals surface area contributed by atoms with E-state index in [0.29, 0.717) is 16.8 Å². The average molecular weight is 413 g/mol. The zero-order chi connectivity index (χ0) is 21.3. The topological polar surface area (TPSA) is 45.2 Å². The van der Waals surface area contributed by atoms with Crippen molar-refractivity contribution < 1.29 is 18.0 Å². The molecule has 1 saturated heterocycles. The lowest BCUT2D eigenvalue weighted by Crippen LogP contribution is -2.35. The number of nitrogens with one attached hydrogen (secondary N) is 1. The van der Waals surface area contributed by atoms with Crippen molar-refractivity contribution in [2.24, 2.45) is 0 Å². The fourth-order valence-electron chi connectivity index (χ4n) is 3.92. The molecule has 7 heteroatoms. The summed E-state index contributed by atoms with van der Waals surface area (Å²) in [6.45, 7) is 3.39. The molecule has 0 unspecified atom stereocenters. The second kappa shape index (κ2) is 7.97. The summed E-state index contributed by atoms with van der Waals surface area (Å²) in [6, 6.07) is 10.6. The number of hydrogen-bond donors (Lipinski definition) is 1. The molecule has 2 aromatic carbocycles. The number of halogens is 3. The number of likely N-dealkylation sites (tertiary alicyclic amines) is 1. The predicted molar refractivity (Wildman–Crippen MR) is 111 cm³/mol. The van der Waals surface area contributed by atoms with E-state index in [0.717, 1.165) is 55.4 Å². The third kappa shape index (κ3) is 3.97. The van der Waals surface area contributed by atoms with Gasteiger partial charge in [-0.05, 0) is 49.9 Å². The van der Waals surface area contributed by atoms with E-state index in [9.17, 15) is 18.0 Å². The number of nitrogens with zero attached hydrogens (tertiary/aromatic N) is 2. The van der Waals surface area contributed by atoms with E-state index in [4.69, 9.17) is 0 Å². The van der Waals surface area contributed by atoms with Crippen LogP contribution in [-0.4, -0.2) is 28.9 Å². The van der Waals surface area contributed by atoms with Gasteiger partial charge in [0, 0.05) is 35.7 Å². The minimum absolute atomic E-state index is 0.0490. The van der Waals surface area contributed by atoms with Gasteiger partial charge >= 0.3 is 6.18 Å². The number of carbonyl (C=O) groups is 1. The van der Waals surface area contributed by atoms with Crippen molar-refractivity contribution in [1.29, 1.82) is 0 Å². The quantitative estimate of drug-likeness (QED) is 0.579. The summed E-state index contributed by atoms with van der Waals surface area (Å²) in [5.41, 5.74) is 1.00. The zero-order valence-corrected chi connectivity index (χ0v) is 16.6. The Morgan fingerprint density at radius 2 is 1.80 bits per heavy atom. The first-order valence-corrected chi connectivity index (χ1v) is 9.96. The highest BCUT2D eigenvalue weighted by Gasteiger charge is 2.30. The van der Waals surface area contributed by atoms with Crippen molar-refractivity contribution in [1.82, 2.24) is 9.88 Å². The summed E-state index contributed by atoms with van der Waals surface area (Å²) in [7, 11) is 0. The minimum atomic E-state index is -4.42. The summed E-state index contributed by atoms with van der Waals surface area (Å²) < 4.78 is 39.1. The van der Waals surface area contributed by atoms with Crippen LogP contribution in [0.15, 0.2) is 48.7 Å². The highest BCUT2D eigenvalue weighted by atomic mass is 19.4. The molecule has 0 atom stereocenters. The molecular weight excluding hydrogens is 391 g/mol. The van der Waals surface area contributed by atoms with Crippen LogP contribution in [0.25, 0.3) is 10.8 Å². The lowest BCUT2D eigenvalue weighted by Gasteiger charge is -2.27. The molecule has 0 radical (unpaired) electrons. The number of carbonyl (C=O) groups excluding carboxylic acids is 1. The van der Waals surface area contributed by atoms with Crippen LogP contribution in [0, 0.1) is 6.92 Å². The molecule has 30 heavy (non-hydrogen) atoms. The Morgan fingerprint density at radius 3 is 2.53 bits per heavy atom. The van der Waals surface area contributed by atoms with E-state index in [1.807, 2.05) is 30.0 Å². The van der Waals surface area contributed by atoms with Crippen LogP contribution in [0.5, 0.6) is 0 Å². The Morgan fingerprint density at radius 1 is 1.07 bits per heavy atom. The van der Waals surface area contributed by atoms with Crippen LogP contribution >= 0.6 is 0 Å². The van der Waals surface area contributed by atoms with Gasteiger partial charge in [-0.25, -0.2) is 4.98 Å². The van der Waals surface area contributed by atoms with Crippen LogP contribution in [0.4, 0.5) is 24.7 Å². The second-order valence-corrected chi connectivity index (χ2v) is 7.57. The van der Waals surface area contributed by atoms with Gasteiger partial charge in [-0.1, -0.05) is 24.3 Å². The molecule has 156 valence electrons. The number of rotatable bonds is 3. The molecule has 1 N–H and O–H groups in total. The number of alkyl halides is 3. The maximum Gasteiger partial charge on any atom is 0.416 e. The van der Waals surface area contributed by atoms with Crippen LogP contribution in [0.3, 0.4) is 0 Å². The molecule has 1 amide bonds. The van der Waals surface area contributed by atoms with Crippen LogP contribution in [0.1, 0.15) is 40.7 Å². The van der Waals surface area contributed by atoms with Crippen molar-refractivity contribution in [3.05, 3.63) is 65.4 Å². The molecule has 0 spiro atoms. The smallest absolute Gasteiger partial charge is 0.340 e. The number of aromatic nitrogens is 1. The fourth-order valence-corrected chi connectivity index (χ4v) is 3.92. The van der Waals surface area contributed by atoms with Gasteiger partial charge in [0.2, 0.25) is 0 Å². The van der Waals surface area contributed by atoms with Crippen LogP contribution in [-0.2, 0) is 6.18 Å². The van der Waals surface area contributed by atoms with Gasteiger partial charge in [0.1, 0.15) is 5.82 Å². The highest BCUT2D eigenvalue weighted by molar-refractivity contribution is 6.10. The van der Waals surface area contributed by atoms with Gasteiger partial charge in [0.05, 0.1) is 11.1 Å². The zero-order valence-electron chi connectivity index (χ0n) is 16.6. The number of aryl methyl sites for hydroxylation is 1. The Kier molecular flexibility index (Phi) is 5.37. The molecule has 3 aromatic rings. The van der Waals surface area contributed by atoms with Crippen molar-refractivity contribution in [2.45, 2.75) is 32.4 Å². The van der Waals surface area contributed by atoms with Gasteiger partial charge in [0.25, 0.3) is 5.91 Å². The number of anilines is 2. The fraction of sp³-hybridized carbons (Fsp3) is 0.304. The van der Waals surface area contributed by atoms with E-state index in [-0.39, 0.29) is 11.6 Å². The summed E-state index contributed by atoms with van der Waals surface area (Å²) in [6.07, 6.45) is 0.217. The molecule has 1 aliphatic heterocycles. The summed E-state index contributed by atoms with van der Waals surface area (Å²) in [5, 5.41) is 4.48. The van der Waals surface area contributed by atoms with E-state index in [1.54, 1.807) is 6.07 Å². The largest absolute Gasteiger partial charge is 0.416 e. The molecule has 0 aliphatic carbocycles. The number of pyridine rings is 1. The first-order chi connectivity index (χ1) is 14.3. The summed E-state index contributed by atoms with van der Waals surface area (Å²) in [4.78, 5) is 19.4. The van der Waals surface area contributed by atoms with E-state index >= 15 is 0 Å². The maximum absolute atomic E-state index is 13.1. The van der Waals surface area contributed by atoms with Crippen molar-refractivity contribution >= 4 is 28.2 Å². The van der Waals surface area contributed by atoms with E-state index < -0.39 is 11.7 Å². The normalized spacial score (nSPS) is 14.7. The summed E-state index contributed by atoms with van der Waals surface area (Å²) >= 11 is 0. The molecule has 1 aromatic heterocycles. The standard InChI is InChI=1S/C23H22F3N3O/c1-15-7-5-10-18-20(15)19(22(30)29-11-3-2-4-12-29)14-27-21(18)28-17-9-6-8-16(13-17)23(24,25)26/h5-10,13-14H,2-4,11-12H2,1H3,(H,27,28). The Bertz CT molecular complexity index is 1090. The van der Waals surface area contributed by atoms with Gasteiger partial charge in [-0.15, -0.1) is 0 Å². The average Bonchev–Trinajstić information content (AvgIpc) is 2.74. The SMILES string of the molecule is Cc1cccc2c(Nc3cccc(C(F)(F)F)c3)ncc(C(=O)N3CCCCC3)c12. The van der Waals surface area contributed by atoms with Crippen molar-refractivity contribution in [3.63, 3.8) is 0 Å². The third-order valence-electron chi connectivity index (χ3n) is 5.45. The monoisotopic (exact) mass is 413 g/mol. The molecule has 4 rings (SSSR count). The van der Waals surface area contributed by atoms with Crippen molar-refractivity contribution in [3.8, 4) is 0 Å². The number of benzene rings is 2. The maximum atomic E-state index is 13.1. The lowest BCUT2D eigenvalue weighted by atomic mass is 10.00. The van der Waals surface area contributed by atoms with Crippen LogP contribution < -0.4 is 5.32 Å². The Labute approximate surface area is 172 Å². The Hall–Kier alpha value is -3.09. The second-order valence-electron chi connectivity index (χ2n) is 7.57. The first kappa shape index (κ1) is 20.2. The molecule has 2 heterocycles. The Balaban J connectivity index is 1.74. The van der Waals surface area contributed by atoms with E-state index in [1.165, 1.54) is 12.3 Å². The summed E-state index contributed by atoms with van der Waals surface area (Å²) in [5.74, 6) is 0.371. The van der Waals surface area contributed by atoms with Crippen LogP contribution in [0.2, 0.25) is 0 Å². The van der Waals surface area contributed by atoms with Crippen molar-refractivity contribution in [2.75, 3.05) is 18.4 Å². The lowest BCUT2D eigenvalue weighted by molar-refractivity contribution is -0.137. The molecule has 1 fully saturated rings. The highest BCUT2D eigenvalue weighted by Crippen LogP contribution is 2.33. The number of hydrogen-bond acceptors (Lipinski definition) is 3. The van der Waals surface area contributed by atoms with Gasteiger partial charge < -0.3 is 10.2 Å².